The number of oxazole rings is 1. The lowest BCUT2D eigenvalue weighted by Gasteiger charge is -2.18. The molecule has 25 heavy (non-hydrogen) atoms. The Bertz CT molecular complexity index is 915. The molecule has 0 aliphatic rings. The van der Waals surface area contributed by atoms with Crippen molar-refractivity contribution < 1.29 is 9.15 Å². The maximum atomic E-state index is 12.6. The molecule has 4 nitrogen and oxygen atoms in total. The molecule has 0 amide bonds. The van der Waals surface area contributed by atoms with Crippen molar-refractivity contribution >= 4 is 10.8 Å². The van der Waals surface area contributed by atoms with E-state index in [-0.39, 0.29) is 11.8 Å². The van der Waals surface area contributed by atoms with E-state index >= 15 is 0 Å². The van der Waals surface area contributed by atoms with E-state index in [9.17, 15) is 4.79 Å². The lowest BCUT2D eigenvalue weighted by atomic mass is 9.99. The van der Waals surface area contributed by atoms with Crippen molar-refractivity contribution in [2.24, 2.45) is 5.92 Å². The number of nitrogens with zero attached hydrogens (tertiary/aromatic N) is 1. The standard InChI is InChI=1S/C21H25NO3/c1-5-24-20-19(13-14(2)3)22(21(23)25-20)15(4)17-12-8-10-16-9-6-7-11-18(16)17/h6-12,14-15H,5,13H2,1-4H3. The highest BCUT2D eigenvalue weighted by molar-refractivity contribution is 5.86. The Hall–Kier alpha value is -2.49. The fourth-order valence-electron chi connectivity index (χ4n) is 3.35. The Balaban J connectivity index is 2.16. The van der Waals surface area contributed by atoms with Crippen LogP contribution in [0.4, 0.5) is 0 Å². The summed E-state index contributed by atoms with van der Waals surface area (Å²) >= 11 is 0. The third kappa shape index (κ3) is 3.34. The lowest BCUT2D eigenvalue weighted by molar-refractivity contribution is 0.246. The topological polar surface area (TPSA) is 44.4 Å². The van der Waals surface area contributed by atoms with Gasteiger partial charge in [0, 0.05) is 0 Å². The van der Waals surface area contributed by atoms with Crippen LogP contribution in [0.5, 0.6) is 5.95 Å². The number of aromatic nitrogens is 1. The minimum Gasteiger partial charge on any atom is -0.464 e. The van der Waals surface area contributed by atoms with Crippen LogP contribution in [0.25, 0.3) is 10.8 Å². The van der Waals surface area contributed by atoms with E-state index in [1.54, 1.807) is 4.57 Å². The molecule has 0 aliphatic carbocycles. The van der Waals surface area contributed by atoms with Crippen molar-refractivity contribution in [3.8, 4) is 5.95 Å². The first-order chi connectivity index (χ1) is 12.0. The van der Waals surface area contributed by atoms with Gasteiger partial charge in [-0.05, 0) is 42.5 Å². The molecule has 0 N–H and O–H groups in total. The second-order valence-electron chi connectivity index (χ2n) is 6.75. The van der Waals surface area contributed by atoms with Crippen molar-refractivity contribution in [1.29, 1.82) is 0 Å². The van der Waals surface area contributed by atoms with Gasteiger partial charge in [0.2, 0.25) is 0 Å². The molecule has 0 bridgehead atoms. The largest absolute Gasteiger partial charge is 0.464 e. The van der Waals surface area contributed by atoms with Crippen LogP contribution >= 0.6 is 0 Å². The molecule has 0 fully saturated rings. The van der Waals surface area contributed by atoms with Gasteiger partial charge in [-0.3, -0.25) is 4.57 Å². The molecular weight excluding hydrogens is 314 g/mol. The molecule has 1 heterocycles. The number of ether oxygens (including phenoxy) is 1. The van der Waals surface area contributed by atoms with E-state index in [1.165, 1.54) is 5.39 Å². The number of hydrogen-bond donors (Lipinski definition) is 0. The first-order valence-corrected chi connectivity index (χ1v) is 8.87. The van der Waals surface area contributed by atoms with E-state index in [4.69, 9.17) is 9.15 Å². The van der Waals surface area contributed by atoms with Gasteiger partial charge in [-0.15, -0.1) is 0 Å². The maximum absolute atomic E-state index is 12.6. The fraction of sp³-hybridized carbons (Fsp3) is 0.381. The van der Waals surface area contributed by atoms with Crippen LogP contribution in [0.15, 0.2) is 51.7 Å². The molecule has 4 heteroatoms. The zero-order valence-electron chi connectivity index (χ0n) is 15.3. The summed E-state index contributed by atoms with van der Waals surface area (Å²) < 4.78 is 12.8. The van der Waals surface area contributed by atoms with Crippen LogP contribution in [-0.4, -0.2) is 11.2 Å². The van der Waals surface area contributed by atoms with Crippen LogP contribution in [-0.2, 0) is 6.42 Å². The first-order valence-electron chi connectivity index (χ1n) is 8.87. The van der Waals surface area contributed by atoms with Gasteiger partial charge >= 0.3 is 11.7 Å². The number of hydrogen-bond acceptors (Lipinski definition) is 3. The fourth-order valence-corrected chi connectivity index (χ4v) is 3.35. The van der Waals surface area contributed by atoms with Crippen LogP contribution in [0, 0.1) is 5.92 Å². The highest BCUT2D eigenvalue weighted by Crippen LogP contribution is 2.30. The van der Waals surface area contributed by atoms with Crippen molar-refractivity contribution in [2.75, 3.05) is 6.61 Å². The molecule has 0 radical (unpaired) electrons. The first kappa shape index (κ1) is 17.3. The Morgan fingerprint density at radius 2 is 1.80 bits per heavy atom. The summed E-state index contributed by atoms with van der Waals surface area (Å²) in [6.07, 6.45) is 0.732. The van der Waals surface area contributed by atoms with Crippen LogP contribution in [0.3, 0.4) is 0 Å². The third-order valence-electron chi connectivity index (χ3n) is 4.44. The van der Waals surface area contributed by atoms with E-state index < -0.39 is 0 Å². The van der Waals surface area contributed by atoms with Gasteiger partial charge in [0.25, 0.3) is 0 Å². The van der Waals surface area contributed by atoms with Gasteiger partial charge in [-0.2, -0.15) is 0 Å². The Labute approximate surface area is 148 Å². The molecule has 3 aromatic rings. The molecule has 0 aliphatic heterocycles. The molecule has 1 aromatic heterocycles. The number of benzene rings is 2. The van der Waals surface area contributed by atoms with Crippen LogP contribution in [0.2, 0.25) is 0 Å². The van der Waals surface area contributed by atoms with E-state index in [2.05, 4.69) is 38.1 Å². The molecule has 1 atom stereocenters. The van der Waals surface area contributed by atoms with Gasteiger partial charge < -0.3 is 9.15 Å². The molecule has 0 spiro atoms. The highest BCUT2D eigenvalue weighted by atomic mass is 16.6. The van der Waals surface area contributed by atoms with Gasteiger partial charge in [-0.1, -0.05) is 56.3 Å². The minimum atomic E-state index is -0.362. The van der Waals surface area contributed by atoms with Gasteiger partial charge in [0.05, 0.1) is 12.6 Å². The second-order valence-corrected chi connectivity index (χ2v) is 6.75. The highest BCUT2D eigenvalue weighted by Gasteiger charge is 2.24. The Kier molecular flexibility index (Phi) is 4.98. The van der Waals surface area contributed by atoms with Crippen molar-refractivity contribution in [1.82, 2.24) is 4.57 Å². The molecule has 1 unspecified atom stereocenters. The van der Waals surface area contributed by atoms with E-state index in [0.717, 1.165) is 23.1 Å². The maximum Gasteiger partial charge on any atom is 0.422 e. The second kappa shape index (κ2) is 7.18. The number of fused-ring (bicyclic) bond motifs is 1. The summed E-state index contributed by atoms with van der Waals surface area (Å²) in [5.74, 6) is 0.384. The average molecular weight is 339 g/mol. The molecule has 0 saturated carbocycles. The predicted octanol–water partition coefficient (Wildman–Crippen LogP) is 4.80. The molecule has 132 valence electrons. The summed E-state index contributed by atoms with van der Waals surface area (Å²) in [6, 6.07) is 14.3. The molecular formula is C21H25NO3. The Morgan fingerprint density at radius 3 is 2.52 bits per heavy atom. The molecule has 3 rings (SSSR count). The average Bonchev–Trinajstić information content (AvgIpc) is 2.88. The van der Waals surface area contributed by atoms with Gasteiger partial charge in [0.1, 0.15) is 5.69 Å². The summed E-state index contributed by atoms with van der Waals surface area (Å²) in [7, 11) is 0. The van der Waals surface area contributed by atoms with Gasteiger partial charge in [0.15, 0.2) is 0 Å². The van der Waals surface area contributed by atoms with Crippen molar-refractivity contribution in [2.45, 2.75) is 40.2 Å². The smallest absolute Gasteiger partial charge is 0.422 e. The third-order valence-corrected chi connectivity index (χ3v) is 4.44. The summed E-state index contributed by atoms with van der Waals surface area (Å²) in [6.45, 7) is 8.66. The normalized spacial score (nSPS) is 12.7. The van der Waals surface area contributed by atoms with Crippen LogP contribution in [0.1, 0.15) is 45.0 Å². The zero-order valence-corrected chi connectivity index (χ0v) is 15.3. The van der Waals surface area contributed by atoms with Crippen LogP contribution < -0.4 is 10.5 Å². The Morgan fingerprint density at radius 1 is 1.08 bits per heavy atom. The van der Waals surface area contributed by atoms with Gasteiger partial charge in [-0.25, -0.2) is 4.79 Å². The van der Waals surface area contributed by atoms with E-state index in [0.29, 0.717) is 18.5 Å². The van der Waals surface area contributed by atoms with Crippen molar-refractivity contribution in [3.63, 3.8) is 0 Å². The summed E-state index contributed by atoms with van der Waals surface area (Å²) in [5.41, 5.74) is 1.94. The lowest BCUT2D eigenvalue weighted by Crippen LogP contribution is -2.22. The van der Waals surface area contributed by atoms with E-state index in [1.807, 2.05) is 32.0 Å². The summed E-state index contributed by atoms with van der Waals surface area (Å²) in [5, 5.41) is 2.32. The predicted molar refractivity (Wildman–Crippen MR) is 100 cm³/mol. The quantitative estimate of drug-likeness (QED) is 0.648. The van der Waals surface area contributed by atoms with Crippen molar-refractivity contribution in [3.05, 3.63) is 64.3 Å². The SMILES string of the molecule is CCOc1oc(=O)n(C(C)c2cccc3ccccc23)c1CC(C)C. The molecule has 0 saturated heterocycles. The zero-order chi connectivity index (χ0) is 18.0. The monoisotopic (exact) mass is 339 g/mol. The summed E-state index contributed by atoms with van der Waals surface area (Å²) in [4.78, 5) is 12.6. The minimum absolute atomic E-state index is 0.134. The number of rotatable bonds is 6. The molecule has 2 aromatic carbocycles.